The van der Waals surface area contributed by atoms with E-state index < -0.39 is 12.2 Å². The van der Waals surface area contributed by atoms with E-state index in [4.69, 9.17) is 0 Å². The van der Waals surface area contributed by atoms with Crippen LogP contribution in [0.25, 0.3) is 10.4 Å². The molecule has 0 aliphatic heterocycles. The van der Waals surface area contributed by atoms with E-state index in [1.807, 2.05) is 44.2 Å². The van der Waals surface area contributed by atoms with Gasteiger partial charge in [0.1, 0.15) is 10.6 Å². The molecule has 0 radical (unpaired) electrons. The quantitative estimate of drug-likeness (QED) is 0.308. The van der Waals surface area contributed by atoms with Crippen molar-refractivity contribution in [3.05, 3.63) is 51.8 Å². The number of thiophene rings is 1. The van der Waals surface area contributed by atoms with Gasteiger partial charge in [-0.1, -0.05) is 19.1 Å². The Bertz CT molecular complexity index is 1150. The van der Waals surface area contributed by atoms with E-state index in [1.54, 1.807) is 15.8 Å². The lowest BCUT2D eigenvalue weighted by molar-refractivity contribution is -0.123. The average molecular weight is 514 g/mol. The van der Waals surface area contributed by atoms with Crippen LogP contribution in [0.15, 0.2) is 41.2 Å². The molecule has 4 rings (SSSR count). The fourth-order valence-electron chi connectivity index (χ4n) is 4.53. The molecule has 2 aromatic heterocycles. The Balaban J connectivity index is 1.58. The molecule has 3 aromatic rings. The minimum atomic E-state index is -1.03. The summed E-state index contributed by atoms with van der Waals surface area (Å²) in [4.78, 5) is 32.4. The van der Waals surface area contributed by atoms with Gasteiger partial charge in [0.2, 0.25) is 5.91 Å². The highest BCUT2D eigenvalue weighted by atomic mass is 32.1. The van der Waals surface area contributed by atoms with Gasteiger partial charge < -0.3 is 20.4 Å². The second kappa shape index (κ2) is 10.9. The van der Waals surface area contributed by atoms with E-state index in [0.29, 0.717) is 17.3 Å². The van der Waals surface area contributed by atoms with Crippen LogP contribution >= 0.6 is 22.7 Å². The summed E-state index contributed by atoms with van der Waals surface area (Å²) in [5, 5.41) is 25.0. The second-order valence-corrected chi connectivity index (χ2v) is 11.2. The van der Waals surface area contributed by atoms with Crippen LogP contribution < -0.4 is 10.2 Å². The molecule has 1 fully saturated rings. The van der Waals surface area contributed by atoms with E-state index in [2.05, 4.69) is 17.2 Å². The highest BCUT2D eigenvalue weighted by Gasteiger charge is 2.33. The number of aromatic carboxylic acids is 1. The van der Waals surface area contributed by atoms with Crippen LogP contribution in [-0.4, -0.2) is 33.1 Å². The molecular weight excluding hydrogens is 482 g/mol. The van der Waals surface area contributed by atoms with Crippen LogP contribution in [0.5, 0.6) is 0 Å². The van der Waals surface area contributed by atoms with Crippen molar-refractivity contribution in [2.24, 2.45) is 11.8 Å². The van der Waals surface area contributed by atoms with Gasteiger partial charge in [-0.05, 0) is 69.2 Å². The second-order valence-electron chi connectivity index (χ2n) is 9.43. The monoisotopic (exact) mass is 513 g/mol. The Morgan fingerprint density at radius 3 is 2.40 bits per heavy atom. The van der Waals surface area contributed by atoms with Crippen molar-refractivity contribution in [1.29, 1.82) is 0 Å². The van der Waals surface area contributed by atoms with E-state index >= 15 is 0 Å². The van der Waals surface area contributed by atoms with Crippen molar-refractivity contribution in [2.45, 2.75) is 58.7 Å². The number of hydrogen-bond donors (Lipinski definition) is 3. The summed E-state index contributed by atoms with van der Waals surface area (Å²) in [6.45, 7) is 6.08. The summed E-state index contributed by atoms with van der Waals surface area (Å²) in [6, 6.07) is 9.09. The maximum absolute atomic E-state index is 13.5. The average Bonchev–Trinajstić information content (AvgIpc) is 3.51. The maximum Gasteiger partial charge on any atom is 0.348 e. The van der Waals surface area contributed by atoms with Gasteiger partial charge in [-0.2, -0.15) is 0 Å². The largest absolute Gasteiger partial charge is 0.477 e. The first kappa shape index (κ1) is 25.3. The Hall–Kier alpha value is -2.75. The highest BCUT2D eigenvalue weighted by Crippen LogP contribution is 2.40. The number of rotatable bonds is 8. The van der Waals surface area contributed by atoms with Crippen molar-refractivity contribution >= 4 is 45.9 Å². The van der Waals surface area contributed by atoms with E-state index in [-0.39, 0.29) is 22.7 Å². The number of anilines is 2. The minimum Gasteiger partial charge on any atom is -0.477 e. The molecule has 0 bridgehead atoms. The number of carbonyl (C=O) groups excluding carboxylic acids is 1. The van der Waals surface area contributed by atoms with Gasteiger partial charge in [-0.15, -0.1) is 22.7 Å². The summed E-state index contributed by atoms with van der Waals surface area (Å²) in [7, 11) is 0. The van der Waals surface area contributed by atoms with E-state index in [0.717, 1.165) is 41.8 Å². The van der Waals surface area contributed by atoms with Crippen molar-refractivity contribution in [3.63, 3.8) is 0 Å². The third-order valence-corrected chi connectivity index (χ3v) is 8.26. The molecule has 35 heavy (non-hydrogen) atoms. The number of benzene rings is 1. The fourth-order valence-corrected chi connectivity index (χ4v) is 6.10. The topological polar surface area (TPSA) is 103 Å². The van der Waals surface area contributed by atoms with Gasteiger partial charge in [0.05, 0.1) is 11.2 Å². The van der Waals surface area contributed by atoms with Gasteiger partial charge >= 0.3 is 5.97 Å². The standard InChI is InChI=1S/C26H31N3O4S2/c1-15(2)29(25(31)18-6-4-16(3)5-7-18)21-12-22(35-23(21)26(32)33)17-8-10-19(11-9-17)28-24(30)20-13-34-14-27-20/h8-16,18,24,28,30H,4-7H2,1-3H3,(H,32,33). The molecular formula is C26H31N3O4S2. The third kappa shape index (κ3) is 5.74. The molecule has 1 saturated carbocycles. The predicted octanol–water partition coefficient (Wildman–Crippen LogP) is 6.24. The lowest BCUT2D eigenvalue weighted by atomic mass is 9.82. The van der Waals surface area contributed by atoms with Gasteiger partial charge in [-0.25, -0.2) is 9.78 Å². The number of carbonyl (C=O) groups is 2. The molecule has 1 amide bonds. The zero-order chi connectivity index (χ0) is 25.1. The minimum absolute atomic E-state index is 0.0225. The highest BCUT2D eigenvalue weighted by molar-refractivity contribution is 7.18. The molecule has 1 atom stereocenters. The van der Waals surface area contributed by atoms with Gasteiger partial charge in [-0.3, -0.25) is 4.79 Å². The molecule has 2 heterocycles. The first-order valence-electron chi connectivity index (χ1n) is 11.9. The van der Waals surface area contributed by atoms with Crippen LogP contribution in [0.3, 0.4) is 0 Å². The van der Waals surface area contributed by atoms with Crippen LogP contribution in [-0.2, 0) is 4.79 Å². The van der Waals surface area contributed by atoms with Crippen LogP contribution in [0.4, 0.5) is 11.4 Å². The normalized spacial score (nSPS) is 18.9. The first-order valence-corrected chi connectivity index (χ1v) is 13.6. The molecule has 0 spiro atoms. The SMILES string of the molecule is CC1CCC(C(=O)N(c2cc(-c3ccc(NC(O)c4cscn4)cc3)sc2C(=O)O)C(C)C)CC1. The Morgan fingerprint density at radius 1 is 1.14 bits per heavy atom. The Morgan fingerprint density at radius 2 is 1.83 bits per heavy atom. The summed E-state index contributed by atoms with van der Waals surface area (Å²) in [6.07, 6.45) is 2.85. The zero-order valence-corrected chi connectivity index (χ0v) is 21.7. The Labute approximate surface area is 213 Å². The van der Waals surface area contributed by atoms with Crippen LogP contribution in [0.1, 0.15) is 68.0 Å². The lowest BCUT2D eigenvalue weighted by Crippen LogP contribution is -2.42. The molecule has 1 aromatic carbocycles. The van der Waals surface area contributed by atoms with Gasteiger partial charge in [0, 0.05) is 27.9 Å². The third-order valence-electron chi connectivity index (χ3n) is 6.49. The van der Waals surface area contributed by atoms with Crippen LogP contribution in [0.2, 0.25) is 0 Å². The number of hydrogen-bond acceptors (Lipinski definition) is 7. The summed E-state index contributed by atoms with van der Waals surface area (Å²) in [5.74, 6) is -0.437. The number of carboxylic acids is 1. The number of amides is 1. The number of aliphatic hydroxyl groups excluding tert-OH is 1. The van der Waals surface area contributed by atoms with Crippen molar-refractivity contribution < 1.29 is 19.8 Å². The van der Waals surface area contributed by atoms with Gasteiger partial charge in [0.25, 0.3) is 0 Å². The molecule has 0 saturated heterocycles. The number of aliphatic hydroxyl groups is 1. The molecule has 3 N–H and O–H groups in total. The number of nitrogens with zero attached hydrogens (tertiary/aromatic N) is 2. The molecule has 186 valence electrons. The molecule has 1 aliphatic rings. The molecule has 9 heteroatoms. The fraction of sp³-hybridized carbons (Fsp3) is 0.423. The van der Waals surface area contributed by atoms with Crippen molar-refractivity contribution in [3.8, 4) is 10.4 Å². The lowest BCUT2D eigenvalue weighted by Gasteiger charge is -2.33. The molecule has 7 nitrogen and oxygen atoms in total. The van der Waals surface area contributed by atoms with E-state index in [1.165, 1.54) is 22.7 Å². The van der Waals surface area contributed by atoms with Crippen LogP contribution in [0, 0.1) is 11.8 Å². The number of aromatic nitrogens is 1. The predicted molar refractivity (Wildman–Crippen MR) is 141 cm³/mol. The first-order chi connectivity index (χ1) is 16.7. The van der Waals surface area contributed by atoms with Crippen molar-refractivity contribution in [2.75, 3.05) is 10.2 Å². The smallest absolute Gasteiger partial charge is 0.348 e. The van der Waals surface area contributed by atoms with E-state index in [9.17, 15) is 19.8 Å². The summed E-state index contributed by atoms with van der Waals surface area (Å²) >= 11 is 2.59. The number of nitrogens with one attached hydrogen (secondary N) is 1. The number of carboxylic acid groups (broad SMARTS) is 1. The molecule has 1 unspecified atom stereocenters. The summed E-state index contributed by atoms with van der Waals surface area (Å²) < 4.78 is 0. The Kier molecular flexibility index (Phi) is 7.88. The van der Waals surface area contributed by atoms with Crippen molar-refractivity contribution in [1.82, 2.24) is 4.98 Å². The number of thiazole rings is 1. The molecule has 1 aliphatic carbocycles. The van der Waals surface area contributed by atoms with Gasteiger partial charge in [0.15, 0.2) is 6.23 Å². The maximum atomic E-state index is 13.5. The zero-order valence-electron chi connectivity index (χ0n) is 20.1. The summed E-state index contributed by atoms with van der Waals surface area (Å²) in [5.41, 5.74) is 4.25.